The number of hydrogen-bond donors (Lipinski definition) is 1. The molecule has 0 spiro atoms. The molecule has 1 N–H and O–H groups in total. The average Bonchev–Trinajstić information content (AvgIpc) is 4.06. The second-order valence-electron chi connectivity index (χ2n) is 16.8. The number of halogens is 1. The normalized spacial score (nSPS) is 18.0. The van der Waals surface area contributed by atoms with E-state index in [1.54, 1.807) is 29.2 Å². The number of carbonyl (C=O) groups is 4. The SMILES string of the molecule is COC(=O)C1CN(C(=O)OC(C)(C)C)C[C@H]1Cc1cccc(OCCBr)c1.O=C(O)C1CN(C(=O)Oc2ccccc2)C[C@H]1Cc1cccc(OCCc2noc(-c3ccccc3)n2)c1. The molecule has 0 radical (unpaired) electrons. The second kappa shape index (κ2) is 23.0. The van der Waals surface area contributed by atoms with Gasteiger partial charge >= 0.3 is 24.1 Å². The maximum Gasteiger partial charge on any atom is 0.415 e. The maximum absolute atomic E-state index is 12.6. The fraction of sp³-hybridized carbons (Fsp3) is 0.388. The van der Waals surface area contributed by atoms with Gasteiger partial charge in [-0.05, 0) is 105 Å². The molecular formula is C49H55BrN4O11. The number of rotatable bonds is 15. The van der Waals surface area contributed by atoms with Gasteiger partial charge in [0.2, 0.25) is 0 Å². The molecule has 2 unspecified atom stereocenters. The smallest absolute Gasteiger partial charge is 0.415 e. The van der Waals surface area contributed by atoms with Crippen molar-refractivity contribution in [1.29, 1.82) is 0 Å². The summed E-state index contributed by atoms with van der Waals surface area (Å²) in [6.45, 7) is 7.61. The summed E-state index contributed by atoms with van der Waals surface area (Å²) in [6.07, 6.45) is 0.689. The van der Waals surface area contributed by atoms with Crippen molar-refractivity contribution in [2.24, 2.45) is 23.7 Å². The first kappa shape index (κ1) is 48.0. The van der Waals surface area contributed by atoms with Crippen molar-refractivity contribution in [2.45, 2.75) is 45.6 Å². The molecule has 7 rings (SSSR count). The number of carbonyl (C=O) groups excluding carboxylic acids is 3. The van der Waals surface area contributed by atoms with Crippen LogP contribution >= 0.6 is 15.9 Å². The van der Waals surface area contributed by atoms with E-state index in [1.165, 1.54) is 12.0 Å². The quantitative estimate of drug-likeness (QED) is 0.0782. The monoisotopic (exact) mass is 954 g/mol. The molecule has 0 aliphatic carbocycles. The number of methoxy groups -OCH3 is 1. The standard InChI is InChI=1S/C29H27N3O6.C20H28BrNO5/c33-28(34)25-19-32(29(35)37-23-11-5-2-6-12-23)18-22(25)16-20-8-7-13-24(17-20)36-15-14-26-30-27(38-31-26)21-9-3-1-4-10-21;1-20(2,3)27-19(24)22-12-15(17(13-22)18(23)25-4)10-14-6-5-7-16(11-14)26-9-8-21/h1-13,17,22,25H,14-16,18-19H2,(H,33,34);5-7,11,15,17H,8-10,12-13H2,1-4H3/t22-,25?;15-,17?/m11/s1. The van der Waals surface area contributed by atoms with Crippen molar-refractivity contribution >= 4 is 40.1 Å². The molecule has 2 aliphatic heterocycles. The molecule has 0 saturated carbocycles. The molecule has 2 amide bonds. The van der Waals surface area contributed by atoms with Crippen LogP contribution in [0, 0.1) is 23.7 Å². The zero-order valence-electron chi connectivity index (χ0n) is 37.0. The zero-order chi connectivity index (χ0) is 46.3. The Morgan fingerprint density at radius 3 is 1.86 bits per heavy atom. The predicted octanol–water partition coefficient (Wildman–Crippen LogP) is 8.39. The Morgan fingerprint density at radius 1 is 0.723 bits per heavy atom. The minimum Gasteiger partial charge on any atom is -0.493 e. The third-order valence-corrected chi connectivity index (χ3v) is 11.1. The number of hydrogen-bond acceptors (Lipinski definition) is 12. The fourth-order valence-electron chi connectivity index (χ4n) is 7.73. The topological polar surface area (TPSA) is 180 Å². The van der Waals surface area contributed by atoms with E-state index in [9.17, 15) is 24.3 Å². The molecule has 0 bridgehead atoms. The van der Waals surface area contributed by atoms with E-state index in [0.29, 0.717) is 75.3 Å². The number of amides is 2. The van der Waals surface area contributed by atoms with Crippen molar-refractivity contribution in [3.63, 3.8) is 0 Å². The highest BCUT2D eigenvalue weighted by atomic mass is 79.9. The maximum atomic E-state index is 12.6. The Bertz CT molecular complexity index is 2340. The largest absolute Gasteiger partial charge is 0.493 e. The third-order valence-electron chi connectivity index (χ3n) is 10.8. The number of aliphatic carboxylic acids is 1. The summed E-state index contributed by atoms with van der Waals surface area (Å²) in [4.78, 5) is 56.7. The number of ether oxygens (including phenoxy) is 5. The van der Waals surface area contributed by atoms with Crippen LogP contribution in [-0.2, 0) is 38.3 Å². The van der Waals surface area contributed by atoms with Crippen LogP contribution in [0.15, 0.2) is 114 Å². The minimum absolute atomic E-state index is 0.0311. The summed E-state index contributed by atoms with van der Waals surface area (Å²) in [5.74, 6) is 0.363. The minimum atomic E-state index is -0.924. The zero-order valence-corrected chi connectivity index (χ0v) is 38.6. The van der Waals surface area contributed by atoms with Gasteiger partial charge in [-0.25, -0.2) is 9.59 Å². The van der Waals surface area contributed by atoms with Gasteiger partial charge in [0.15, 0.2) is 5.82 Å². The molecule has 16 heteroatoms. The first-order valence-electron chi connectivity index (χ1n) is 21.5. The lowest BCUT2D eigenvalue weighted by Crippen LogP contribution is -2.36. The van der Waals surface area contributed by atoms with Crippen LogP contribution in [0.5, 0.6) is 17.2 Å². The highest BCUT2D eigenvalue weighted by Gasteiger charge is 2.42. The van der Waals surface area contributed by atoms with E-state index in [0.717, 1.165) is 27.8 Å². The Hall–Kier alpha value is -6.42. The van der Waals surface area contributed by atoms with Crippen LogP contribution in [0.25, 0.3) is 11.5 Å². The lowest BCUT2D eigenvalue weighted by atomic mass is 9.89. The molecule has 2 aliphatic rings. The number of nitrogens with zero attached hydrogens (tertiary/aromatic N) is 4. The van der Waals surface area contributed by atoms with Crippen LogP contribution in [-0.4, -0.2) is 107 Å². The first-order valence-corrected chi connectivity index (χ1v) is 22.6. The van der Waals surface area contributed by atoms with Crippen molar-refractivity contribution in [3.8, 4) is 28.7 Å². The number of esters is 1. The molecule has 4 aromatic carbocycles. The number of carboxylic acid groups (broad SMARTS) is 1. The van der Waals surface area contributed by atoms with Gasteiger partial charge in [0.1, 0.15) is 22.8 Å². The number of para-hydroxylation sites is 1. The summed E-state index contributed by atoms with van der Waals surface area (Å²) in [6, 6.07) is 33.7. The molecule has 65 heavy (non-hydrogen) atoms. The van der Waals surface area contributed by atoms with Gasteiger partial charge in [-0.1, -0.05) is 81.8 Å². The van der Waals surface area contributed by atoms with E-state index in [1.807, 2.05) is 106 Å². The van der Waals surface area contributed by atoms with E-state index in [-0.39, 0.29) is 30.3 Å². The molecule has 15 nitrogen and oxygen atoms in total. The van der Waals surface area contributed by atoms with E-state index in [2.05, 4.69) is 26.1 Å². The molecule has 2 saturated heterocycles. The van der Waals surface area contributed by atoms with Gasteiger partial charge in [0.05, 0.1) is 32.2 Å². The Labute approximate surface area is 387 Å². The average molecular weight is 956 g/mol. The second-order valence-corrected chi connectivity index (χ2v) is 17.6. The third kappa shape index (κ3) is 14.3. The van der Waals surface area contributed by atoms with Crippen molar-refractivity contribution in [1.82, 2.24) is 19.9 Å². The lowest BCUT2D eigenvalue weighted by molar-refractivity contribution is -0.146. The number of carboxylic acids is 1. The summed E-state index contributed by atoms with van der Waals surface area (Å²) in [7, 11) is 1.38. The van der Waals surface area contributed by atoms with Crippen molar-refractivity contribution in [3.05, 3.63) is 126 Å². The molecule has 5 aromatic rings. The molecule has 2 fully saturated rings. The molecule has 344 valence electrons. The van der Waals surface area contributed by atoms with Crippen LogP contribution in [0.2, 0.25) is 0 Å². The molecular weight excluding hydrogens is 900 g/mol. The van der Waals surface area contributed by atoms with E-state index < -0.39 is 29.7 Å². The van der Waals surface area contributed by atoms with Gasteiger partial charge in [0.25, 0.3) is 5.89 Å². The summed E-state index contributed by atoms with van der Waals surface area (Å²) in [5, 5.41) is 14.6. The van der Waals surface area contributed by atoms with E-state index in [4.69, 9.17) is 28.2 Å². The Morgan fingerprint density at radius 2 is 1.28 bits per heavy atom. The summed E-state index contributed by atoms with van der Waals surface area (Å²) >= 11 is 3.34. The molecule has 4 atom stereocenters. The number of alkyl halides is 1. The Kier molecular flexibility index (Phi) is 17.0. The van der Waals surface area contributed by atoms with Gasteiger partial charge in [-0.3, -0.25) is 9.59 Å². The summed E-state index contributed by atoms with van der Waals surface area (Å²) in [5.41, 5.74) is 2.28. The van der Waals surface area contributed by atoms with Crippen molar-refractivity contribution in [2.75, 3.05) is 51.8 Å². The van der Waals surface area contributed by atoms with Gasteiger partial charge in [-0.15, -0.1) is 0 Å². The number of aromatic nitrogens is 2. The van der Waals surface area contributed by atoms with Crippen LogP contribution in [0.3, 0.4) is 0 Å². The van der Waals surface area contributed by atoms with Crippen LogP contribution in [0.4, 0.5) is 9.59 Å². The number of likely N-dealkylation sites (tertiary alicyclic amines) is 2. The predicted molar refractivity (Wildman–Crippen MR) is 244 cm³/mol. The van der Waals surface area contributed by atoms with Crippen molar-refractivity contribution < 1.29 is 52.5 Å². The van der Waals surface area contributed by atoms with Crippen LogP contribution in [0.1, 0.15) is 37.7 Å². The summed E-state index contributed by atoms with van der Waals surface area (Å²) < 4.78 is 32.7. The highest BCUT2D eigenvalue weighted by molar-refractivity contribution is 9.09. The Balaban J connectivity index is 0.000000229. The van der Waals surface area contributed by atoms with Gasteiger partial charge < -0.3 is 43.1 Å². The molecule has 3 heterocycles. The van der Waals surface area contributed by atoms with Crippen LogP contribution < -0.4 is 14.2 Å². The highest BCUT2D eigenvalue weighted by Crippen LogP contribution is 2.31. The number of benzene rings is 4. The van der Waals surface area contributed by atoms with Gasteiger partial charge in [-0.2, -0.15) is 4.98 Å². The molecule has 1 aromatic heterocycles. The fourth-order valence-corrected chi connectivity index (χ4v) is 7.89. The van der Waals surface area contributed by atoms with E-state index >= 15 is 0 Å². The van der Waals surface area contributed by atoms with Gasteiger partial charge in [0, 0.05) is 43.5 Å². The lowest BCUT2D eigenvalue weighted by Gasteiger charge is -2.24. The first-order chi connectivity index (χ1) is 31.3.